The van der Waals surface area contributed by atoms with Crippen LogP contribution >= 0.6 is 9.47 Å². The average Bonchev–Trinajstić information content (AvgIpc) is 0.824. The van der Waals surface area contributed by atoms with E-state index in [2.05, 4.69) is 25.0 Å². The topological polar surface area (TPSA) is 276 Å². The molecule has 24 heteroatoms. The Kier molecular flexibility index (Phi) is 36.5. The Labute approximate surface area is 559 Å². The van der Waals surface area contributed by atoms with Crippen LogP contribution in [0.1, 0.15) is 181 Å². The molecule has 2 aliphatic rings. The molecular formula is C69H121N8O15P. The quantitative estimate of drug-likeness (QED) is 0.0731. The summed E-state index contributed by atoms with van der Waals surface area (Å²) < 4.78 is 17.7. The maximum Gasteiger partial charge on any atom is 0.246 e. The third-order valence-electron chi connectivity index (χ3n) is 18.7. The van der Waals surface area contributed by atoms with E-state index >= 15 is 19.2 Å². The molecule has 2 saturated heterocycles. The summed E-state index contributed by atoms with van der Waals surface area (Å²) in [6.07, 6.45) is -0.619. The van der Waals surface area contributed by atoms with E-state index in [1.807, 2.05) is 41.5 Å². The fourth-order valence-electron chi connectivity index (χ4n) is 13.0. The molecule has 0 spiro atoms. The van der Waals surface area contributed by atoms with Gasteiger partial charge in [-0.2, -0.15) is 0 Å². The first-order chi connectivity index (χ1) is 43.4. The molecule has 0 aromatic heterocycles. The number of rotatable bonds is 21. The molecule has 0 bridgehead atoms. The van der Waals surface area contributed by atoms with Crippen LogP contribution in [0.3, 0.4) is 0 Å². The lowest BCUT2D eigenvalue weighted by Gasteiger charge is -2.40. The predicted molar refractivity (Wildman–Crippen MR) is 361 cm³/mol. The van der Waals surface area contributed by atoms with Crippen LogP contribution in [0.2, 0.25) is 0 Å². The lowest BCUT2D eigenvalue weighted by atomic mass is 9.85. The second kappa shape index (κ2) is 40.5. The minimum absolute atomic E-state index is 0.0546. The molecule has 0 aliphatic carbocycles. The molecule has 23 nitrogen and oxygen atoms in total. The van der Waals surface area contributed by atoms with E-state index in [-0.39, 0.29) is 82.1 Å². The molecule has 2 N–H and O–H groups in total. The predicted octanol–water partition coefficient (Wildman–Crippen LogP) is 6.24. The van der Waals surface area contributed by atoms with E-state index in [0.29, 0.717) is 25.9 Å². The fourth-order valence-corrected chi connectivity index (χ4v) is 13.4. The summed E-state index contributed by atoms with van der Waals surface area (Å²) in [6, 6.07) is -8.37. The first kappa shape index (κ1) is 84.0. The summed E-state index contributed by atoms with van der Waals surface area (Å²) in [6.45, 7) is 32.1. The highest BCUT2D eigenvalue weighted by atomic mass is 31.0. The number of likely N-dealkylation sites (N-methyl/N-ethyl adjacent to an activating group) is 5. The second-order valence-electron chi connectivity index (χ2n) is 28.7. The van der Waals surface area contributed by atoms with Gasteiger partial charge in [-0.25, -0.2) is 0 Å². The van der Waals surface area contributed by atoms with E-state index in [9.17, 15) is 38.4 Å². The van der Waals surface area contributed by atoms with Crippen molar-refractivity contribution in [1.82, 2.24) is 40.0 Å². The van der Waals surface area contributed by atoms with Gasteiger partial charge < -0.3 is 53.9 Å². The van der Waals surface area contributed by atoms with Gasteiger partial charge in [0, 0.05) is 120 Å². The number of morpholine rings is 1. The number of carbonyl (C=O) groups excluding carboxylic acids is 12. The molecular weight excluding hydrogens is 1210 g/mol. The van der Waals surface area contributed by atoms with Crippen LogP contribution in [0.5, 0.6) is 0 Å². The van der Waals surface area contributed by atoms with Crippen molar-refractivity contribution in [3.63, 3.8) is 0 Å². The van der Waals surface area contributed by atoms with Crippen LogP contribution in [-0.4, -0.2) is 229 Å². The molecule has 93 heavy (non-hydrogen) atoms. The van der Waals surface area contributed by atoms with E-state index in [1.54, 1.807) is 62.3 Å². The Bertz CT molecular complexity index is 2490. The molecule has 0 saturated carbocycles. The van der Waals surface area contributed by atoms with Gasteiger partial charge in [0.1, 0.15) is 30.5 Å². The van der Waals surface area contributed by atoms with Gasteiger partial charge >= 0.3 is 0 Å². The Morgan fingerprint density at radius 2 is 1.06 bits per heavy atom. The number of hydrogen-bond donors (Lipinski definition) is 2. The van der Waals surface area contributed by atoms with Gasteiger partial charge in [0.05, 0.1) is 43.5 Å². The number of Topliss-reactive ketones (excluding diaryl/α,β-unsaturated/α-hetero) is 4. The number of ether oxygens (including phenoxy) is 2. The van der Waals surface area contributed by atoms with Crippen molar-refractivity contribution in [3.05, 3.63) is 0 Å². The number of hydrogen-bond acceptors (Lipinski definition) is 16. The monoisotopic (exact) mass is 1330 g/mol. The minimum atomic E-state index is -1.50. The SMILES string of the molecule is CC[C@@H]1NC(=O)[C@H]([C@H](OP)[C@H](C)CC=O)N(C)C(=O)[C@H](C(C)C)N(C)C(=O)[C@H](CC(C)C)CC(=O)[C@H](CC(C)C)N(C)C(=O)[C@@H](C)NC(=O)[C@H](C)CC(=O)[C@H](CC(C)C)N(C)C(=O)[C@H](C(C)C)CC(=O)[C@H]([C@@H](C)OCCCCN2CCOCC2)N(C)C(=O)[C@@H](C)CC1=O. The maximum atomic E-state index is 15.2. The van der Waals surface area contributed by atoms with Crippen molar-refractivity contribution in [2.45, 2.75) is 236 Å². The van der Waals surface area contributed by atoms with Crippen molar-refractivity contribution in [2.24, 2.45) is 59.2 Å². The first-order valence-corrected chi connectivity index (χ1v) is 34.6. The van der Waals surface area contributed by atoms with Crippen molar-refractivity contribution in [3.8, 4) is 0 Å². The highest BCUT2D eigenvalue weighted by Crippen LogP contribution is 2.30. The number of nitrogens with one attached hydrogen (secondary N) is 2. The molecule has 7 amide bonds. The zero-order valence-corrected chi connectivity index (χ0v) is 61.6. The molecule has 2 fully saturated rings. The average molecular weight is 1330 g/mol. The lowest BCUT2D eigenvalue weighted by molar-refractivity contribution is -0.154. The van der Waals surface area contributed by atoms with Gasteiger partial charge in [-0.15, -0.1) is 0 Å². The molecule has 1 unspecified atom stereocenters. The summed E-state index contributed by atoms with van der Waals surface area (Å²) in [5.74, 6) is -12.1. The fraction of sp³-hybridized carbons (Fsp3) is 0.826. The van der Waals surface area contributed by atoms with Gasteiger partial charge in [0.2, 0.25) is 41.4 Å². The summed E-state index contributed by atoms with van der Waals surface area (Å²) in [7, 11) is 9.41. The van der Waals surface area contributed by atoms with Crippen LogP contribution in [0, 0.1) is 59.2 Å². The first-order valence-electron chi connectivity index (χ1n) is 34.2. The van der Waals surface area contributed by atoms with E-state index in [4.69, 9.17) is 14.0 Å². The largest absolute Gasteiger partial charge is 0.379 e. The Morgan fingerprint density at radius 3 is 1.57 bits per heavy atom. The van der Waals surface area contributed by atoms with E-state index in [0.717, 1.165) is 31.0 Å². The molecule has 2 rings (SSSR count). The third kappa shape index (κ3) is 25.1. The molecule has 0 aromatic rings. The summed E-state index contributed by atoms with van der Waals surface area (Å²) in [4.78, 5) is 183. The van der Waals surface area contributed by atoms with Crippen LogP contribution in [0.15, 0.2) is 0 Å². The summed E-state index contributed by atoms with van der Waals surface area (Å²) >= 11 is 0. The molecule has 0 radical (unpaired) electrons. The Hall–Kier alpha value is -5.09. The number of ketones is 4. The van der Waals surface area contributed by atoms with Crippen LogP contribution in [0.25, 0.3) is 0 Å². The van der Waals surface area contributed by atoms with Crippen molar-refractivity contribution < 1.29 is 71.5 Å². The molecule has 15 atom stereocenters. The van der Waals surface area contributed by atoms with Gasteiger partial charge in [0.25, 0.3) is 0 Å². The number of unbranched alkanes of at least 4 members (excludes halogenated alkanes) is 1. The normalized spacial score (nSPS) is 27.9. The third-order valence-corrected chi connectivity index (χ3v) is 19.0. The van der Waals surface area contributed by atoms with Crippen molar-refractivity contribution >= 4 is 80.2 Å². The zero-order chi connectivity index (χ0) is 71.0. The number of amides is 7. The van der Waals surface area contributed by atoms with Gasteiger partial charge in [0.15, 0.2) is 23.1 Å². The van der Waals surface area contributed by atoms with Gasteiger partial charge in [-0.3, -0.25) is 57.6 Å². The van der Waals surface area contributed by atoms with Crippen LogP contribution in [0.4, 0.5) is 0 Å². The highest BCUT2D eigenvalue weighted by molar-refractivity contribution is 7.09. The van der Waals surface area contributed by atoms with Gasteiger partial charge in [-0.05, 0) is 94.4 Å². The van der Waals surface area contributed by atoms with Crippen molar-refractivity contribution in [1.29, 1.82) is 0 Å². The maximum absolute atomic E-state index is 15.2. The zero-order valence-electron chi connectivity index (χ0n) is 60.5. The Balaban J connectivity index is 2.95. The van der Waals surface area contributed by atoms with E-state index < -0.39 is 160 Å². The number of aldehydes is 1. The Morgan fingerprint density at radius 1 is 0.548 bits per heavy atom. The van der Waals surface area contributed by atoms with Crippen molar-refractivity contribution in [2.75, 3.05) is 74.7 Å². The van der Waals surface area contributed by atoms with Crippen LogP contribution in [-0.2, 0) is 71.5 Å². The highest BCUT2D eigenvalue weighted by Gasteiger charge is 2.46. The molecule has 532 valence electrons. The van der Waals surface area contributed by atoms with Gasteiger partial charge in [-0.1, -0.05) is 96.9 Å². The van der Waals surface area contributed by atoms with E-state index in [1.165, 1.54) is 61.8 Å². The smallest absolute Gasteiger partial charge is 0.246 e. The molecule has 0 aromatic carbocycles. The number of nitrogens with zero attached hydrogens (tertiary/aromatic N) is 6. The standard InChI is InChI=1S/C69H121N8O15P/c1-22-52-55(79)37-47(14)65(85)75(20)60(49(16)91-30-24-23-26-77-27-31-90-32-28-77)58(82)39-51(43(8)9)68(88)73(18)53(34-41(4)5)56(80)36-46(13)63(83)70-48(15)66(86)72(17)54(35-42(6)7)57(81)38-50(33-40(2)3)67(87)74(19)59(44(10)11)69(89)76(21)61(64(84)71-52)62(92-93)45(12)25-29-78/h29,40-54,59-62H,22-28,30-39,93H2,1-21H3,(H,70,83)(H,71,84)/t45-,46-,47+,48-,49-,50-,51+,52+,53+,54+,59+,60+,61+,62-/m1/s1. The molecule has 2 aliphatic heterocycles. The molecule has 2 heterocycles. The summed E-state index contributed by atoms with van der Waals surface area (Å²) in [5, 5.41) is 5.59. The summed E-state index contributed by atoms with van der Waals surface area (Å²) in [5.41, 5.74) is 0. The minimum Gasteiger partial charge on any atom is -0.379 e. The lowest BCUT2D eigenvalue weighted by Crippen LogP contribution is -2.62. The number of carbonyl (C=O) groups is 12. The van der Waals surface area contributed by atoms with Crippen LogP contribution < -0.4 is 10.6 Å². The second-order valence-corrected chi connectivity index (χ2v) is 29.0.